The molecule has 0 aliphatic heterocycles. The molecule has 1 radical (unpaired) electrons. The summed E-state index contributed by atoms with van der Waals surface area (Å²) in [7, 11) is -2.92. The minimum absolute atomic E-state index is 0. The molecule has 0 saturated carbocycles. The van der Waals surface area contributed by atoms with E-state index in [4.69, 9.17) is 15.1 Å². The maximum absolute atomic E-state index is 8.42. The summed E-state index contributed by atoms with van der Waals surface area (Å²) in [5, 5.41) is 25.2. The molecule has 0 unspecified atom stereocenters. The zero-order valence-electron chi connectivity index (χ0n) is 3.44. The Hall–Kier alpha value is 3.62. The number of rotatable bonds is 0. The molecule has 29 valence electrons. The van der Waals surface area contributed by atoms with E-state index in [-0.39, 0.29) is 111 Å². The summed E-state index contributed by atoms with van der Waals surface area (Å²) in [5.74, 6) is 0. The van der Waals surface area contributed by atoms with Crippen molar-refractivity contribution in [3.63, 3.8) is 0 Å². The fourth-order valence-corrected chi connectivity index (χ4v) is 0. The first kappa shape index (κ1) is 22.4. The van der Waals surface area contributed by atoms with Gasteiger partial charge in [0.2, 0.25) is 0 Å². The van der Waals surface area contributed by atoms with E-state index >= 15 is 0 Å². The SMILES string of the molecule is [Gd+3].[O-]B([O-])[O-].[Sc+3].[Sr+2]. The van der Waals surface area contributed by atoms with Crippen LogP contribution in [0, 0.1) is 39.9 Å². The number of hydrogen-bond donors (Lipinski definition) is 0. The molecule has 0 spiro atoms. The van der Waals surface area contributed by atoms with E-state index in [2.05, 4.69) is 0 Å². The smallest absolute Gasteiger partial charge is 0.907 e. The summed E-state index contributed by atoms with van der Waals surface area (Å²) in [6.07, 6.45) is 0. The molecule has 3 nitrogen and oxygen atoms in total. The van der Waals surface area contributed by atoms with Gasteiger partial charge in [-0.05, 0) is 0 Å². The fraction of sp³-hybridized carbons (Fsp3) is 0. The fourth-order valence-electron chi connectivity index (χ4n) is 0. The van der Waals surface area contributed by atoms with Crippen molar-refractivity contribution >= 4 is 52.8 Å². The molecule has 0 aromatic heterocycles. The summed E-state index contributed by atoms with van der Waals surface area (Å²) in [5.41, 5.74) is 0. The Morgan fingerprint density at radius 2 is 1.00 bits per heavy atom. The van der Waals surface area contributed by atoms with Gasteiger partial charge in [-0.3, -0.25) is 7.32 Å². The van der Waals surface area contributed by atoms with Crippen LogP contribution in [0.5, 0.6) is 0 Å². The van der Waals surface area contributed by atoms with Crippen LogP contribution in [0.15, 0.2) is 0 Å². The van der Waals surface area contributed by atoms with Crippen LogP contribution in [0.1, 0.15) is 0 Å². The molecular weight excluding hydrogens is 349 g/mol. The predicted octanol–water partition coefficient (Wildman–Crippen LogP) is -4.33. The van der Waals surface area contributed by atoms with Crippen LogP contribution < -0.4 is 15.1 Å². The Labute approximate surface area is 130 Å². The molecule has 7 heavy (non-hydrogen) atoms. The summed E-state index contributed by atoms with van der Waals surface area (Å²) in [6.45, 7) is 0. The van der Waals surface area contributed by atoms with Gasteiger partial charge in [0.25, 0.3) is 0 Å². The van der Waals surface area contributed by atoms with Gasteiger partial charge in [-0.25, -0.2) is 0 Å². The van der Waals surface area contributed by atoms with E-state index in [0.717, 1.165) is 0 Å². The van der Waals surface area contributed by atoms with Crippen molar-refractivity contribution in [1.82, 2.24) is 0 Å². The van der Waals surface area contributed by atoms with Gasteiger partial charge in [0.15, 0.2) is 0 Å². The van der Waals surface area contributed by atoms with E-state index < -0.39 is 7.32 Å². The molecule has 0 aliphatic carbocycles. The van der Waals surface area contributed by atoms with Crippen molar-refractivity contribution in [2.24, 2.45) is 0 Å². The molecule has 0 amide bonds. The van der Waals surface area contributed by atoms with Gasteiger partial charge in [-0.1, -0.05) is 0 Å². The molecular formula is BGdO3ScSr+5. The molecule has 0 atom stereocenters. The minimum atomic E-state index is -2.92. The van der Waals surface area contributed by atoms with E-state index in [1.807, 2.05) is 0 Å². The van der Waals surface area contributed by atoms with Gasteiger partial charge in [-0.15, -0.1) is 0 Å². The van der Waals surface area contributed by atoms with Crippen LogP contribution >= 0.6 is 0 Å². The molecule has 7 heteroatoms. The molecule has 0 fully saturated rings. The first-order valence-corrected chi connectivity index (χ1v) is 0.707. The van der Waals surface area contributed by atoms with Crippen LogP contribution in [-0.2, 0) is 25.8 Å². The Balaban J connectivity index is -0.0000000150. The Morgan fingerprint density at radius 3 is 1.00 bits per heavy atom. The topological polar surface area (TPSA) is 69.2 Å². The van der Waals surface area contributed by atoms with E-state index in [1.165, 1.54) is 0 Å². The molecule has 0 aromatic rings. The van der Waals surface area contributed by atoms with Gasteiger partial charge in [-0.2, -0.15) is 0 Å². The van der Waals surface area contributed by atoms with Crippen LogP contribution in [0.25, 0.3) is 0 Å². The van der Waals surface area contributed by atoms with Crippen molar-refractivity contribution in [2.45, 2.75) is 0 Å². The van der Waals surface area contributed by atoms with Crippen molar-refractivity contribution in [3.05, 3.63) is 0 Å². The molecule has 0 aromatic carbocycles. The van der Waals surface area contributed by atoms with Gasteiger partial charge in [0.05, 0.1) is 0 Å². The van der Waals surface area contributed by atoms with Crippen molar-refractivity contribution < 1.29 is 80.9 Å². The summed E-state index contributed by atoms with van der Waals surface area (Å²) in [6, 6.07) is 0. The second kappa shape index (κ2) is 16.3. The van der Waals surface area contributed by atoms with Crippen molar-refractivity contribution in [3.8, 4) is 0 Å². The molecule has 0 saturated heterocycles. The second-order valence-electron chi connectivity index (χ2n) is 0.289. The molecule has 0 N–H and O–H groups in total. The average Bonchev–Trinajstić information content (AvgIpc) is 0.811. The maximum Gasteiger partial charge on any atom is 3.00 e. The third kappa shape index (κ3) is 42.6. The standard InChI is InChI=1S/BO3.Gd.Sc.Sr/c2-1(3)4;;;/q-3;2*+3;+2. The number of hydrogen-bond acceptors (Lipinski definition) is 3. The van der Waals surface area contributed by atoms with Gasteiger partial charge in [0, 0.05) is 0 Å². The summed E-state index contributed by atoms with van der Waals surface area (Å²) < 4.78 is 0. The Bertz CT molecular complexity index is 19.7. The van der Waals surface area contributed by atoms with Crippen molar-refractivity contribution in [1.29, 1.82) is 0 Å². The van der Waals surface area contributed by atoms with Gasteiger partial charge >= 0.3 is 111 Å². The minimum Gasteiger partial charge on any atom is -0.907 e. The quantitative estimate of drug-likeness (QED) is 0.416. The van der Waals surface area contributed by atoms with Crippen LogP contribution in [0.4, 0.5) is 0 Å². The van der Waals surface area contributed by atoms with E-state index in [0.29, 0.717) is 0 Å². The zero-order chi connectivity index (χ0) is 3.58. The first-order valence-electron chi connectivity index (χ1n) is 0.707. The molecule has 0 aliphatic rings. The summed E-state index contributed by atoms with van der Waals surface area (Å²) in [4.78, 5) is 0. The largest absolute Gasteiger partial charge is 3.00 e. The average molecular weight is 349 g/mol. The first-order chi connectivity index (χ1) is 1.73. The molecule has 0 bridgehead atoms. The summed E-state index contributed by atoms with van der Waals surface area (Å²) >= 11 is 0. The monoisotopic (exact) mass is 350 g/mol. The van der Waals surface area contributed by atoms with Gasteiger partial charge in [0.1, 0.15) is 0 Å². The van der Waals surface area contributed by atoms with Crippen LogP contribution in [0.3, 0.4) is 0 Å². The third-order valence-electron chi connectivity index (χ3n) is 0. The van der Waals surface area contributed by atoms with Gasteiger partial charge < -0.3 is 15.1 Å². The third-order valence-corrected chi connectivity index (χ3v) is 0. The predicted molar refractivity (Wildman–Crippen MR) is 11.5 cm³/mol. The van der Waals surface area contributed by atoms with E-state index in [1.54, 1.807) is 0 Å². The Morgan fingerprint density at radius 1 is 1.00 bits per heavy atom. The zero-order valence-corrected chi connectivity index (χ0v) is 11.0. The molecule has 0 rings (SSSR count). The maximum atomic E-state index is 8.42. The Kier molecular flexibility index (Phi) is 52.3. The molecule has 0 heterocycles. The van der Waals surface area contributed by atoms with Crippen LogP contribution in [0.2, 0.25) is 0 Å². The van der Waals surface area contributed by atoms with E-state index in [9.17, 15) is 0 Å². The van der Waals surface area contributed by atoms with Crippen molar-refractivity contribution in [2.75, 3.05) is 0 Å². The second-order valence-corrected chi connectivity index (χ2v) is 0.289. The van der Waals surface area contributed by atoms with Crippen LogP contribution in [-0.4, -0.2) is 52.8 Å². The normalized spacial score (nSPS) is 3.86.